The third-order valence-corrected chi connectivity index (χ3v) is 4.33. The summed E-state index contributed by atoms with van der Waals surface area (Å²) in [5.74, 6) is 0.888. The van der Waals surface area contributed by atoms with Crippen LogP contribution in [0.15, 0.2) is 24.4 Å². The largest absolute Gasteiger partial charge is 0.393 e. The molecule has 1 saturated carbocycles. The first-order valence-electron chi connectivity index (χ1n) is 7.92. The minimum atomic E-state index is -0.106. The quantitative estimate of drug-likeness (QED) is 0.764. The van der Waals surface area contributed by atoms with Crippen molar-refractivity contribution in [3.8, 4) is 0 Å². The van der Waals surface area contributed by atoms with Crippen molar-refractivity contribution in [2.75, 3.05) is 0 Å². The number of pyridine rings is 1. The Balaban J connectivity index is 0.00000200. The Kier molecular flexibility index (Phi) is 12.1. The first-order valence-corrected chi connectivity index (χ1v) is 7.92. The van der Waals surface area contributed by atoms with E-state index in [1.165, 1.54) is 38.5 Å². The Morgan fingerprint density at radius 3 is 2.52 bits per heavy atom. The Labute approximate surface area is 141 Å². The number of rotatable bonds is 7. The van der Waals surface area contributed by atoms with Crippen LogP contribution in [-0.2, 0) is 6.42 Å². The van der Waals surface area contributed by atoms with E-state index in [0.717, 1.165) is 37.3 Å². The van der Waals surface area contributed by atoms with Crippen molar-refractivity contribution in [1.29, 1.82) is 0 Å². The van der Waals surface area contributed by atoms with Crippen molar-refractivity contribution < 1.29 is 5.11 Å². The Bertz CT molecular complexity index is 342. The molecule has 0 aromatic carbocycles. The van der Waals surface area contributed by atoms with Crippen LogP contribution in [0.5, 0.6) is 0 Å². The molecule has 21 heavy (non-hydrogen) atoms. The molecule has 0 amide bonds. The van der Waals surface area contributed by atoms with Crippen molar-refractivity contribution in [3.05, 3.63) is 30.1 Å². The van der Waals surface area contributed by atoms with E-state index >= 15 is 0 Å². The van der Waals surface area contributed by atoms with E-state index in [0.29, 0.717) is 0 Å². The van der Waals surface area contributed by atoms with Crippen LogP contribution >= 0.6 is 24.8 Å². The van der Waals surface area contributed by atoms with E-state index < -0.39 is 0 Å². The molecule has 1 N–H and O–H groups in total. The van der Waals surface area contributed by atoms with E-state index in [2.05, 4.69) is 11.1 Å². The number of aryl methyl sites for hydroxylation is 1. The Hall–Kier alpha value is -0.310. The average molecular weight is 334 g/mol. The number of aliphatic hydroxyl groups excluding tert-OH is 1. The molecule has 0 bridgehead atoms. The molecule has 1 heterocycles. The van der Waals surface area contributed by atoms with E-state index in [9.17, 15) is 5.11 Å². The Morgan fingerprint density at radius 2 is 1.86 bits per heavy atom. The van der Waals surface area contributed by atoms with Crippen molar-refractivity contribution >= 4 is 24.8 Å². The summed E-state index contributed by atoms with van der Waals surface area (Å²) in [5, 5.41) is 10.0. The van der Waals surface area contributed by atoms with Gasteiger partial charge in [-0.2, -0.15) is 0 Å². The molecule has 1 aromatic heterocycles. The molecule has 1 aliphatic carbocycles. The van der Waals surface area contributed by atoms with Crippen LogP contribution in [-0.4, -0.2) is 16.2 Å². The number of aliphatic hydroxyl groups is 1. The minimum Gasteiger partial charge on any atom is -0.393 e. The molecule has 1 atom stereocenters. The molecular weight excluding hydrogens is 305 g/mol. The van der Waals surface area contributed by atoms with Crippen LogP contribution in [0.3, 0.4) is 0 Å². The lowest BCUT2D eigenvalue weighted by Crippen LogP contribution is -2.12. The topological polar surface area (TPSA) is 33.1 Å². The molecule has 122 valence electrons. The zero-order valence-electron chi connectivity index (χ0n) is 12.7. The highest BCUT2D eigenvalue weighted by atomic mass is 35.5. The molecule has 1 aliphatic rings. The van der Waals surface area contributed by atoms with Crippen LogP contribution in [0.4, 0.5) is 0 Å². The summed E-state index contributed by atoms with van der Waals surface area (Å²) in [5.41, 5.74) is 1.14. The molecule has 4 heteroatoms. The first-order chi connectivity index (χ1) is 9.34. The lowest BCUT2D eigenvalue weighted by molar-refractivity contribution is 0.138. The lowest BCUT2D eigenvalue weighted by Gasteiger charge is -2.22. The van der Waals surface area contributed by atoms with Gasteiger partial charge in [0.25, 0.3) is 0 Å². The normalized spacial score (nSPS) is 16.6. The van der Waals surface area contributed by atoms with E-state index in [1.807, 2.05) is 18.3 Å². The zero-order chi connectivity index (χ0) is 13.3. The summed E-state index contributed by atoms with van der Waals surface area (Å²) >= 11 is 0. The van der Waals surface area contributed by atoms with E-state index in [1.54, 1.807) is 0 Å². The maximum atomic E-state index is 10.0. The molecule has 1 aromatic rings. The van der Waals surface area contributed by atoms with Gasteiger partial charge in [-0.15, -0.1) is 24.8 Å². The minimum absolute atomic E-state index is 0. The van der Waals surface area contributed by atoms with Crippen molar-refractivity contribution in [1.82, 2.24) is 4.98 Å². The van der Waals surface area contributed by atoms with Gasteiger partial charge in [-0.1, -0.05) is 38.2 Å². The predicted molar refractivity (Wildman–Crippen MR) is 93.5 cm³/mol. The summed E-state index contributed by atoms with van der Waals surface area (Å²) in [6.45, 7) is 0. The number of hydrogen-bond donors (Lipinski definition) is 1. The van der Waals surface area contributed by atoms with Gasteiger partial charge in [0.05, 0.1) is 6.10 Å². The van der Waals surface area contributed by atoms with Crippen LogP contribution in [0.2, 0.25) is 0 Å². The smallest absolute Gasteiger partial charge is 0.0540 e. The third kappa shape index (κ3) is 8.65. The third-order valence-electron chi connectivity index (χ3n) is 4.33. The standard InChI is InChI=1S/C17H27NO.2ClH/c19-17(13-12-15-7-2-1-3-8-15)11-6-10-16-9-4-5-14-18-16;;/h4-5,9,14-15,17,19H,1-3,6-8,10-13H2;2*1H/t17-;;/m0../s1. The molecule has 0 radical (unpaired) electrons. The van der Waals surface area contributed by atoms with Crippen molar-refractivity contribution in [3.63, 3.8) is 0 Å². The summed E-state index contributed by atoms with van der Waals surface area (Å²) in [6.07, 6.45) is 13.9. The molecule has 0 spiro atoms. The summed E-state index contributed by atoms with van der Waals surface area (Å²) in [4.78, 5) is 4.31. The van der Waals surface area contributed by atoms with Crippen molar-refractivity contribution in [2.24, 2.45) is 5.92 Å². The van der Waals surface area contributed by atoms with Gasteiger partial charge in [-0.25, -0.2) is 0 Å². The number of hydrogen-bond acceptors (Lipinski definition) is 2. The highest BCUT2D eigenvalue weighted by Crippen LogP contribution is 2.28. The van der Waals surface area contributed by atoms with Gasteiger partial charge in [0.1, 0.15) is 0 Å². The SMILES string of the molecule is Cl.Cl.O[C@@H](CCCc1ccccn1)CCC1CCCCC1. The molecule has 0 unspecified atom stereocenters. The monoisotopic (exact) mass is 333 g/mol. The fourth-order valence-electron chi connectivity index (χ4n) is 3.11. The fraction of sp³-hybridized carbons (Fsp3) is 0.706. The van der Waals surface area contributed by atoms with E-state index in [4.69, 9.17) is 0 Å². The molecule has 1 fully saturated rings. The second kappa shape index (κ2) is 12.3. The average Bonchev–Trinajstić information content (AvgIpc) is 2.47. The summed E-state index contributed by atoms with van der Waals surface area (Å²) < 4.78 is 0. The van der Waals surface area contributed by atoms with Crippen LogP contribution in [0, 0.1) is 5.92 Å². The van der Waals surface area contributed by atoms with Gasteiger partial charge in [-0.05, 0) is 50.2 Å². The fourth-order valence-corrected chi connectivity index (χ4v) is 3.11. The molecule has 0 saturated heterocycles. The molecule has 2 rings (SSSR count). The van der Waals surface area contributed by atoms with Crippen LogP contribution < -0.4 is 0 Å². The molecule has 0 aliphatic heterocycles. The first kappa shape index (κ1) is 20.7. The number of halogens is 2. The van der Waals surface area contributed by atoms with Gasteiger partial charge < -0.3 is 5.11 Å². The van der Waals surface area contributed by atoms with E-state index in [-0.39, 0.29) is 30.9 Å². The maximum Gasteiger partial charge on any atom is 0.0540 e. The highest BCUT2D eigenvalue weighted by Gasteiger charge is 2.15. The highest BCUT2D eigenvalue weighted by molar-refractivity contribution is 5.85. The van der Waals surface area contributed by atoms with Crippen molar-refractivity contribution in [2.45, 2.75) is 70.3 Å². The van der Waals surface area contributed by atoms with Gasteiger partial charge in [-0.3, -0.25) is 4.98 Å². The van der Waals surface area contributed by atoms with Crippen LogP contribution in [0.1, 0.15) is 63.5 Å². The second-order valence-corrected chi connectivity index (χ2v) is 5.95. The zero-order valence-corrected chi connectivity index (χ0v) is 14.4. The van der Waals surface area contributed by atoms with Gasteiger partial charge >= 0.3 is 0 Å². The Morgan fingerprint density at radius 1 is 1.10 bits per heavy atom. The lowest BCUT2D eigenvalue weighted by atomic mass is 9.85. The van der Waals surface area contributed by atoms with Gasteiger partial charge in [0, 0.05) is 11.9 Å². The molecular formula is C17H29Cl2NO. The molecule has 2 nitrogen and oxygen atoms in total. The van der Waals surface area contributed by atoms with Gasteiger partial charge in [0.15, 0.2) is 0 Å². The van der Waals surface area contributed by atoms with Crippen LogP contribution in [0.25, 0.3) is 0 Å². The maximum absolute atomic E-state index is 10.0. The number of nitrogens with zero attached hydrogens (tertiary/aromatic N) is 1. The summed E-state index contributed by atoms with van der Waals surface area (Å²) in [6, 6.07) is 6.04. The van der Waals surface area contributed by atoms with Gasteiger partial charge in [0.2, 0.25) is 0 Å². The predicted octanol–water partition coefficient (Wildman–Crippen LogP) is 4.97. The summed E-state index contributed by atoms with van der Waals surface area (Å²) in [7, 11) is 0. The second-order valence-electron chi connectivity index (χ2n) is 5.95. The number of aromatic nitrogens is 1.